The molecule has 0 unspecified atom stereocenters. The number of rotatable bonds is 8. The molecule has 0 spiro atoms. The lowest BCUT2D eigenvalue weighted by Crippen LogP contribution is -2.51. The first-order valence-corrected chi connectivity index (χ1v) is 10.3. The van der Waals surface area contributed by atoms with E-state index >= 15 is 0 Å². The first-order chi connectivity index (χ1) is 13.2. The van der Waals surface area contributed by atoms with E-state index in [1.165, 1.54) is 5.56 Å². The maximum Gasteiger partial charge on any atom is 0.236 e. The van der Waals surface area contributed by atoms with E-state index in [1.807, 2.05) is 4.90 Å². The van der Waals surface area contributed by atoms with E-state index in [9.17, 15) is 4.79 Å². The van der Waals surface area contributed by atoms with Crippen LogP contribution in [0.1, 0.15) is 24.8 Å². The predicted molar refractivity (Wildman–Crippen MR) is 107 cm³/mol. The van der Waals surface area contributed by atoms with Crippen LogP contribution in [-0.2, 0) is 16.1 Å². The predicted octanol–water partition coefficient (Wildman–Crippen LogP) is 1.16. The van der Waals surface area contributed by atoms with Crippen molar-refractivity contribution in [2.45, 2.75) is 31.9 Å². The molecule has 2 heterocycles. The number of amides is 1. The molecule has 27 heavy (non-hydrogen) atoms. The Morgan fingerprint density at radius 3 is 2.33 bits per heavy atom. The molecule has 2 fully saturated rings. The Hall–Kier alpha value is -1.47. The number of nitrogens with two attached hydrogens (primary N) is 1. The first kappa shape index (κ1) is 20.3. The van der Waals surface area contributed by atoms with Crippen LogP contribution >= 0.6 is 0 Å². The average molecular weight is 375 g/mol. The smallest absolute Gasteiger partial charge is 0.236 e. The van der Waals surface area contributed by atoms with Crippen molar-refractivity contribution in [3.8, 4) is 0 Å². The summed E-state index contributed by atoms with van der Waals surface area (Å²) in [4.78, 5) is 19.4. The molecule has 2 aliphatic heterocycles. The zero-order valence-corrected chi connectivity index (χ0v) is 16.4. The molecule has 2 aliphatic rings. The summed E-state index contributed by atoms with van der Waals surface area (Å²) in [5.74, 6) is 0.270. The summed E-state index contributed by atoms with van der Waals surface area (Å²) in [6.45, 7) is 8.60. The normalized spacial score (nSPS) is 20.1. The van der Waals surface area contributed by atoms with Crippen molar-refractivity contribution in [1.82, 2.24) is 14.7 Å². The summed E-state index contributed by atoms with van der Waals surface area (Å²) in [6, 6.07) is 10.6. The molecule has 1 aromatic carbocycles. The van der Waals surface area contributed by atoms with Crippen LogP contribution in [0.15, 0.2) is 30.3 Å². The van der Waals surface area contributed by atoms with E-state index in [0.717, 1.165) is 71.7 Å². The fourth-order valence-electron chi connectivity index (χ4n) is 3.84. The summed E-state index contributed by atoms with van der Waals surface area (Å²) in [5.41, 5.74) is 6.86. The molecule has 0 radical (unpaired) electrons. The number of hydrogen-bond acceptors (Lipinski definition) is 5. The standard InChI is InChI=1S/C21H34N4O2/c22-9-4-16-27-20-7-10-25(11-8-20)21(26)18-24-14-12-23(13-15-24)17-19-5-2-1-3-6-19/h1-3,5-6,20H,4,7-18,22H2. The number of ether oxygens (including phenoxy) is 1. The Morgan fingerprint density at radius 2 is 1.67 bits per heavy atom. The Labute approximate surface area is 163 Å². The maximum atomic E-state index is 12.6. The van der Waals surface area contributed by atoms with Crippen LogP contribution in [0.2, 0.25) is 0 Å². The number of carbonyl (C=O) groups is 1. The van der Waals surface area contributed by atoms with E-state index in [0.29, 0.717) is 19.2 Å². The van der Waals surface area contributed by atoms with Crippen molar-refractivity contribution in [2.24, 2.45) is 5.73 Å². The van der Waals surface area contributed by atoms with E-state index in [2.05, 4.69) is 40.1 Å². The number of hydrogen-bond donors (Lipinski definition) is 1. The highest BCUT2D eigenvalue weighted by Crippen LogP contribution is 2.15. The molecular weight excluding hydrogens is 340 g/mol. The molecule has 0 bridgehead atoms. The van der Waals surface area contributed by atoms with Gasteiger partial charge in [0.25, 0.3) is 0 Å². The van der Waals surface area contributed by atoms with Crippen LogP contribution in [0.4, 0.5) is 0 Å². The van der Waals surface area contributed by atoms with Crippen molar-refractivity contribution < 1.29 is 9.53 Å². The van der Waals surface area contributed by atoms with Gasteiger partial charge in [0, 0.05) is 52.4 Å². The monoisotopic (exact) mass is 374 g/mol. The summed E-state index contributed by atoms with van der Waals surface area (Å²) < 4.78 is 5.83. The molecule has 3 rings (SSSR count). The molecule has 6 nitrogen and oxygen atoms in total. The second-order valence-electron chi connectivity index (χ2n) is 7.63. The van der Waals surface area contributed by atoms with Gasteiger partial charge in [-0.2, -0.15) is 0 Å². The minimum absolute atomic E-state index is 0.270. The Kier molecular flexibility index (Phi) is 8.08. The SMILES string of the molecule is NCCCOC1CCN(C(=O)CN2CCN(Cc3ccccc3)CC2)CC1. The molecule has 150 valence electrons. The van der Waals surface area contributed by atoms with Gasteiger partial charge in [-0.25, -0.2) is 0 Å². The number of piperidine rings is 1. The minimum Gasteiger partial charge on any atom is -0.378 e. The molecule has 0 saturated carbocycles. The fraction of sp³-hybridized carbons (Fsp3) is 0.667. The summed E-state index contributed by atoms with van der Waals surface area (Å²) >= 11 is 0. The number of likely N-dealkylation sites (tertiary alicyclic amines) is 1. The van der Waals surface area contributed by atoms with Crippen molar-refractivity contribution in [3.63, 3.8) is 0 Å². The summed E-state index contributed by atoms with van der Waals surface area (Å²) in [5, 5.41) is 0. The van der Waals surface area contributed by atoms with Crippen LogP contribution in [0.5, 0.6) is 0 Å². The summed E-state index contributed by atoms with van der Waals surface area (Å²) in [7, 11) is 0. The van der Waals surface area contributed by atoms with Gasteiger partial charge in [-0.15, -0.1) is 0 Å². The van der Waals surface area contributed by atoms with E-state index in [1.54, 1.807) is 0 Å². The molecular formula is C21H34N4O2. The van der Waals surface area contributed by atoms with Crippen LogP contribution in [0.25, 0.3) is 0 Å². The van der Waals surface area contributed by atoms with E-state index in [4.69, 9.17) is 10.5 Å². The zero-order valence-electron chi connectivity index (χ0n) is 16.4. The molecule has 2 saturated heterocycles. The molecule has 1 aromatic rings. The largest absolute Gasteiger partial charge is 0.378 e. The average Bonchev–Trinajstić information content (AvgIpc) is 2.71. The number of benzene rings is 1. The molecule has 2 N–H and O–H groups in total. The van der Waals surface area contributed by atoms with Crippen molar-refractivity contribution >= 4 is 5.91 Å². The molecule has 1 amide bonds. The van der Waals surface area contributed by atoms with Crippen molar-refractivity contribution in [2.75, 3.05) is 59.0 Å². The van der Waals surface area contributed by atoms with Gasteiger partial charge < -0.3 is 15.4 Å². The number of carbonyl (C=O) groups excluding carboxylic acids is 1. The molecule has 0 atom stereocenters. The molecule has 0 aromatic heterocycles. The second kappa shape index (κ2) is 10.8. The third-order valence-corrected chi connectivity index (χ3v) is 5.57. The van der Waals surface area contributed by atoms with E-state index in [-0.39, 0.29) is 5.91 Å². The number of piperazine rings is 1. The molecule has 6 heteroatoms. The first-order valence-electron chi connectivity index (χ1n) is 10.3. The third kappa shape index (κ3) is 6.57. The minimum atomic E-state index is 0.270. The van der Waals surface area contributed by atoms with Gasteiger partial charge in [0.1, 0.15) is 0 Å². The lowest BCUT2D eigenvalue weighted by Gasteiger charge is -2.37. The molecule has 0 aliphatic carbocycles. The van der Waals surface area contributed by atoms with Gasteiger partial charge in [0.05, 0.1) is 12.6 Å². The van der Waals surface area contributed by atoms with Gasteiger partial charge in [0.2, 0.25) is 5.91 Å². The van der Waals surface area contributed by atoms with Gasteiger partial charge in [0.15, 0.2) is 0 Å². The van der Waals surface area contributed by atoms with E-state index < -0.39 is 0 Å². The highest BCUT2D eigenvalue weighted by Gasteiger charge is 2.25. The van der Waals surface area contributed by atoms with Gasteiger partial charge >= 0.3 is 0 Å². The third-order valence-electron chi connectivity index (χ3n) is 5.57. The fourth-order valence-corrected chi connectivity index (χ4v) is 3.84. The quantitative estimate of drug-likeness (QED) is 0.692. The lowest BCUT2D eigenvalue weighted by atomic mass is 10.1. The zero-order chi connectivity index (χ0) is 18.9. The maximum absolute atomic E-state index is 12.6. The number of nitrogens with zero attached hydrogens (tertiary/aromatic N) is 3. The van der Waals surface area contributed by atoms with Gasteiger partial charge in [-0.05, 0) is 31.4 Å². The van der Waals surface area contributed by atoms with Crippen LogP contribution in [-0.4, -0.2) is 85.7 Å². The van der Waals surface area contributed by atoms with Gasteiger partial charge in [-0.1, -0.05) is 30.3 Å². The Balaban J connectivity index is 1.33. The second-order valence-corrected chi connectivity index (χ2v) is 7.63. The lowest BCUT2D eigenvalue weighted by molar-refractivity contribution is -0.135. The van der Waals surface area contributed by atoms with Crippen molar-refractivity contribution in [3.05, 3.63) is 35.9 Å². The van der Waals surface area contributed by atoms with Gasteiger partial charge in [-0.3, -0.25) is 14.6 Å². The summed E-state index contributed by atoms with van der Waals surface area (Å²) in [6.07, 6.45) is 3.10. The Bertz CT molecular complexity index is 553. The topological polar surface area (TPSA) is 62.0 Å². The van der Waals surface area contributed by atoms with Crippen LogP contribution in [0.3, 0.4) is 0 Å². The van der Waals surface area contributed by atoms with Crippen molar-refractivity contribution in [1.29, 1.82) is 0 Å². The van der Waals surface area contributed by atoms with Crippen LogP contribution < -0.4 is 5.73 Å². The van der Waals surface area contributed by atoms with Crippen LogP contribution in [0, 0.1) is 0 Å². The Morgan fingerprint density at radius 1 is 1.00 bits per heavy atom. The highest BCUT2D eigenvalue weighted by molar-refractivity contribution is 5.78. The highest BCUT2D eigenvalue weighted by atomic mass is 16.5.